The Bertz CT molecular complexity index is 568. The fourth-order valence-electron chi connectivity index (χ4n) is 1.82. The first-order valence-corrected chi connectivity index (χ1v) is 8.77. The standard InChI is InChI=1S/C15H24N2O3S/c1-4-9-16-10-11-17-15(18)13-7-5-6-8-14(13)21(19,20)12(2)3/h5-8,12,16H,4,9-11H2,1-3H3,(H,17,18). The Morgan fingerprint density at radius 1 is 1.14 bits per heavy atom. The second kappa shape index (κ2) is 8.14. The normalized spacial score (nSPS) is 11.6. The largest absolute Gasteiger partial charge is 0.351 e. The van der Waals surface area contributed by atoms with Crippen molar-refractivity contribution in [2.45, 2.75) is 37.3 Å². The number of hydrogen-bond acceptors (Lipinski definition) is 4. The molecule has 1 rings (SSSR count). The summed E-state index contributed by atoms with van der Waals surface area (Å²) in [6, 6.07) is 6.34. The van der Waals surface area contributed by atoms with Crippen LogP contribution in [0.15, 0.2) is 29.2 Å². The third-order valence-corrected chi connectivity index (χ3v) is 5.28. The molecule has 1 amide bonds. The van der Waals surface area contributed by atoms with Crippen LogP contribution in [0.5, 0.6) is 0 Å². The predicted molar refractivity (Wildman–Crippen MR) is 84.3 cm³/mol. The van der Waals surface area contributed by atoms with Gasteiger partial charge in [0.25, 0.3) is 5.91 Å². The van der Waals surface area contributed by atoms with Gasteiger partial charge in [-0.2, -0.15) is 0 Å². The Hall–Kier alpha value is -1.40. The van der Waals surface area contributed by atoms with Crippen molar-refractivity contribution in [2.75, 3.05) is 19.6 Å². The molecule has 1 aromatic carbocycles. The van der Waals surface area contributed by atoms with E-state index in [-0.39, 0.29) is 16.4 Å². The van der Waals surface area contributed by atoms with Gasteiger partial charge in [0, 0.05) is 13.1 Å². The van der Waals surface area contributed by atoms with Crippen molar-refractivity contribution >= 4 is 15.7 Å². The van der Waals surface area contributed by atoms with E-state index in [4.69, 9.17) is 0 Å². The summed E-state index contributed by atoms with van der Waals surface area (Å²) in [6.07, 6.45) is 1.03. The number of carbonyl (C=O) groups excluding carboxylic acids is 1. The van der Waals surface area contributed by atoms with Crippen LogP contribution in [0, 0.1) is 0 Å². The minimum atomic E-state index is -3.47. The van der Waals surface area contributed by atoms with Gasteiger partial charge in [-0.15, -0.1) is 0 Å². The molecule has 0 saturated heterocycles. The molecule has 0 bridgehead atoms. The maximum atomic E-state index is 12.3. The number of rotatable bonds is 8. The van der Waals surface area contributed by atoms with Gasteiger partial charge in [-0.25, -0.2) is 8.42 Å². The van der Waals surface area contributed by atoms with Crippen LogP contribution in [0.3, 0.4) is 0 Å². The summed E-state index contributed by atoms with van der Waals surface area (Å²) in [5.41, 5.74) is 0.210. The number of carbonyl (C=O) groups is 1. The minimum Gasteiger partial charge on any atom is -0.351 e. The molecule has 0 aliphatic heterocycles. The van der Waals surface area contributed by atoms with Crippen molar-refractivity contribution in [3.05, 3.63) is 29.8 Å². The Morgan fingerprint density at radius 2 is 1.81 bits per heavy atom. The second-order valence-electron chi connectivity index (χ2n) is 5.10. The lowest BCUT2D eigenvalue weighted by atomic mass is 10.2. The first-order chi connectivity index (χ1) is 9.91. The molecule has 0 saturated carbocycles. The van der Waals surface area contributed by atoms with E-state index >= 15 is 0 Å². The fraction of sp³-hybridized carbons (Fsp3) is 0.533. The van der Waals surface area contributed by atoms with E-state index in [1.54, 1.807) is 32.0 Å². The molecule has 0 spiro atoms. The van der Waals surface area contributed by atoms with Crippen molar-refractivity contribution < 1.29 is 13.2 Å². The molecule has 0 aliphatic carbocycles. The maximum absolute atomic E-state index is 12.3. The lowest BCUT2D eigenvalue weighted by Crippen LogP contribution is -2.33. The number of nitrogens with one attached hydrogen (secondary N) is 2. The van der Waals surface area contributed by atoms with Crippen LogP contribution in [0.4, 0.5) is 0 Å². The molecule has 2 N–H and O–H groups in total. The van der Waals surface area contributed by atoms with Gasteiger partial charge < -0.3 is 10.6 Å². The van der Waals surface area contributed by atoms with Crippen molar-refractivity contribution in [2.24, 2.45) is 0 Å². The van der Waals surface area contributed by atoms with Crippen LogP contribution >= 0.6 is 0 Å². The van der Waals surface area contributed by atoms with Crippen molar-refractivity contribution in [3.8, 4) is 0 Å². The molecular weight excluding hydrogens is 288 g/mol. The van der Waals surface area contributed by atoms with E-state index < -0.39 is 15.1 Å². The molecule has 21 heavy (non-hydrogen) atoms. The highest BCUT2D eigenvalue weighted by Crippen LogP contribution is 2.20. The Balaban J connectivity index is 2.82. The topological polar surface area (TPSA) is 75.3 Å². The molecule has 6 heteroatoms. The first kappa shape index (κ1) is 17.7. The average molecular weight is 312 g/mol. The Kier molecular flexibility index (Phi) is 6.84. The smallest absolute Gasteiger partial charge is 0.252 e. The zero-order chi connectivity index (χ0) is 15.9. The molecule has 1 aromatic rings. The molecule has 0 fully saturated rings. The Labute approximate surface area is 127 Å². The average Bonchev–Trinajstić information content (AvgIpc) is 2.46. The summed E-state index contributed by atoms with van der Waals surface area (Å²) < 4.78 is 24.6. The van der Waals surface area contributed by atoms with Gasteiger partial charge in [0.2, 0.25) is 0 Å². The second-order valence-corrected chi connectivity index (χ2v) is 7.57. The van der Waals surface area contributed by atoms with E-state index in [0.717, 1.165) is 13.0 Å². The summed E-state index contributed by atoms with van der Waals surface area (Å²) in [7, 11) is -3.47. The molecular formula is C15H24N2O3S. The third-order valence-electron chi connectivity index (χ3n) is 3.07. The summed E-state index contributed by atoms with van der Waals surface area (Å²) >= 11 is 0. The van der Waals surface area contributed by atoms with Crippen molar-refractivity contribution in [1.29, 1.82) is 0 Å². The van der Waals surface area contributed by atoms with E-state index in [2.05, 4.69) is 17.6 Å². The van der Waals surface area contributed by atoms with Gasteiger partial charge in [0.1, 0.15) is 0 Å². The van der Waals surface area contributed by atoms with Crippen LogP contribution in [0.2, 0.25) is 0 Å². The van der Waals surface area contributed by atoms with Gasteiger partial charge in [-0.1, -0.05) is 19.1 Å². The zero-order valence-electron chi connectivity index (χ0n) is 12.8. The summed E-state index contributed by atoms with van der Waals surface area (Å²) in [5, 5.41) is 5.36. The van der Waals surface area contributed by atoms with Crippen molar-refractivity contribution in [1.82, 2.24) is 10.6 Å². The lowest BCUT2D eigenvalue weighted by Gasteiger charge is -2.13. The van der Waals surface area contributed by atoms with Gasteiger partial charge in [0.15, 0.2) is 9.84 Å². The van der Waals surface area contributed by atoms with Crippen LogP contribution in [0.1, 0.15) is 37.6 Å². The van der Waals surface area contributed by atoms with E-state index in [1.807, 2.05) is 0 Å². The molecule has 118 valence electrons. The molecule has 0 heterocycles. The fourth-order valence-corrected chi connectivity index (χ4v) is 3.06. The number of benzene rings is 1. The highest BCUT2D eigenvalue weighted by Gasteiger charge is 2.24. The Morgan fingerprint density at radius 3 is 2.43 bits per heavy atom. The maximum Gasteiger partial charge on any atom is 0.252 e. The first-order valence-electron chi connectivity index (χ1n) is 7.23. The van der Waals surface area contributed by atoms with Crippen LogP contribution in [-0.2, 0) is 9.84 Å². The summed E-state index contributed by atoms with van der Waals surface area (Å²) in [5.74, 6) is -0.354. The van der Waals surface area contributed by atoms with Gasteiger partial charge >= 0.3 is 0 Å². The molecule has 5 nitrogen and oxygen atoms in total. The number of amides is 1. The molecule has 0 aliphatic rings. The quantitative estimate of drug-likeness (QED) is 0.715. The van der Waals surface area contributed by atoms with Crippen LogP contribution < -0.4 is 10.6 Å². The number of hydrogen-bond donors (Lipinski definition) is 2. The SMILES string of the molecule is CCCNCCNC(=O)c1ccccc1S(=O)(=O)C(C)C. The van der Waals surface area contributed by atoms with E-state index in [9.17, 15) is 13.2 Å². The van der Waals surface area contributed by atoms with Gasteiger partial charge in [-0.05, 0) is 38.9 Å². The van der Waals surface area contributed by atoms with Crippen molar-refractivity contribution in [3.63, 3.8) is 0 Å². The summed E-state index contributed by atoms with van der Waals surface area (Å²) in [4.78, 5) is 12.3. The van der Waals surface area contributed by atoms with Crippen LogP contribution in [0.25, 0.3) is 0 Å². The monoisotopic (exact) mass is 312 g/mol. The van der Waals surface area contributed by atoms with E-state index in [0.29, 0.717) is 13.1 Å². The summed E-state index contributed by atoms with van der Waals surface area (Å²) in [6.45, 7) is 7.32. The minimum absolute atomic E-state index is 0.0963. The highest BCUT2D eigenvalue weighted by molar-refractivity contribution is 7.92. The molecule has 0 aromatic heterocycles. The van der Waals surface area contributed by atoms with E-state index in [1.165, 1.54) is 6.07 Å². The third kappa shape index (κ3) is 4.82. The highest BCUT2D eigenvalue weighted by atomic mass is 32.2. The van der Waals surface area contributed by atoms with Gasteiger partial charge in [-0.3, -0.25) is 4.79 Å². The number of sulfone groups is 1. The molecule has 0 unspecified atom stereocenters. The van der Waals surface area contributed by atoms with Crippen LogP contribution in [-0.4, -0.2) is 39.2 Å². The van der Waals surface area contributed by atoms with Gasteiger partial charge in [0.05, 0.1) is 15.7 Å². The molecule has 0 atom stereocenters. The zero-order valence-corrected chi connectivity index (χ0v) is 13.7. The molecule has 0 radical (unpaired) electrons. The lowest BCUT2D eigenvalue weighted by molar-refractivity contribution is 0.0950. The predicted octanol–water partition coefficient (Wildman–Crippen LogP) is 1.60.